The van der Waals surface area contributed by atoms with E-state index < -0.39 is 17.9 Å². The molecule has 0 atom stereocenters. The van der Waals surface area contributed by atoms with E-state index in [0.717, 1.165) is 57.9 Å². The summed E-state index contributed by atoms with van der Waals surface area (Å²) in [5, 5.41) is 8.64. The van der Waals surface area contributed by atoms with Crippen molar-refractivity contribution in [2.75, 3.05) is 33.4 Å². The van der Waals surface area contributed by atoms with Gasteiger partial charge in [-0.3, -0.25) is 9.59 Å². The predicted octanol–water partition coefficient (Wildman–Crippen LogP) is 15.4. The largest absolute Gasteiger partial charge is 0.480 e. The Balaban J connectivity index is 0. The molecule has 9 nitrogen and oxygen atoms in total. The number of carboxylic acid groups (broad SMARTS) is 1. The van der Waals surface area contributed by atoms with Crippen molar-refractivity contribution in [1.82, 2.24) is 4.90 Å². The SMILES string of the molecule is CCCCCCCC/C=C\CCCCCCCC(=O)N(C)CC(=O)O.CCCCCCCCCCCCCCCCCCN.CCCCOC(=O)c1ccccc1C(=O)OCCCC. The maximum atomic E-state index is 11.9. The van der Waals surface area contributed by atoms with E-state index in [0.29, 0.717) is 19.6 Å². The highest BCUT2D eigenvalue weighted by atomic mass is 16.5. The summed E-state index contributed by atoms with van der Waals surface area (Å²) in [4.78, 5) is 47.4. The molecule has 3 N–H and O–H groups in total. The first-order chi connectivity index (χ1) is 31.2. The number of ether oxygens (including phenoxy) is 2. The molecule has 0 saturated carbocycles. The molecule has 0 aliphatic rings. The highest BCUT2D eigenvalue weighted by Crippen LogP contribution is 2.15. The van der Waals surface area contributed by atoms with E-state index in [1.54, 1.807) is 31.3 Å². The molecule has 64 heavy (non-hydrogen) atoms. The van der Waals surface area contributed by atoms with Crippen LogP contribution in [0.4, 0.5) is 0 Å². The van der Waals surface area contributed by atoms with E-state index in [4.69, 9.17) is 20.3 Å². The third kappa shape index (κ3) is 44.0. The lowest BCUT2D eigenvalue weighted by molar-refractivity contribution is -0.143. The van der Waals surface area contributed by atoms with Gasteiger partial charge in [-0.2, -0.15) is 0 Å². The maximum Gasteiger partial charge on any atom is 0.339 e. The number of carbonyl (C=O) groups excluding carboxylic acids is 3. The molecule has 1 rings (SSSR count). The molecule has 1 aromatic carbocycles. The number of unbranched alkanes of at least 4 members (excludes halogenated alkanes) is 28. The van der Waals surface area contributed by atoms with E-state index in [9.17, 15) is 19.2 Å². The number of rotatable bonds is 41. The predicted molar refractivity (Wildman–Crippen MR) is 270 cm³/mol. The second-order valence-electron chi connectivity index (χ2n) is 17.6. The van der Waals surface area contributed by atoms with Gasteiger partial charge in [0, 0.05) is 13.5 Å². The van der Waals surface area contributed by atoms with Crippen LogP contribution in [0, 0.1) is 0 Å². The topological polar surface area (TPSA) is 136 Å². The molecule has 0 saturated heterocycles. The number of hydrogen-bond acceptors (Lipinski definition) is 7. The van der Waals surface area contributed by atoms with Crippen molar-refractivity contribution in [3.05, 3.63) is 47.5 Å². The first kappa shape index (κ1) is 62.9. The van der Waals surface area contributed by atoms with Crippen LogP contribution in [0.25, 0.3) is 0 Å². The van der Waals surface area contributed by atoms with Crippen molar-refractivity contribution in [3.63, 3.8) is 0 Å². The van der Waals surface area contributed by atoms with Crippen LogP contribution in [0.5, 0.6) is 0 Å². The number of aliphatic carboxylic acids is 1. The van der Waals surface area contributed by atoms with Gasteiger partial charge in [-0.05, 0) is 70.0 Å². The quantitative estimate of drug-likeness (QED) is 0.0377. The van der Waals surface area contributed by atoms with E-state index in [2.05, 4.69) is 26.0 Å². The molecule has 0 fully saturated rings. The van der Waals surface area contributed by atoms with Gasteiger partial charge in [-0.25, -0.2) is 9.59 Å². The van der Waals surface area contributed by atoms with Crippen LogP contribution in [0.2, 0.25) is 0 Å². The zero-order valence-corrected chi connectivity index (χ0v) is 42.3. The fourth-order valence-electron chi connectivity index (χ4n) is 7.13. The molecule has 0 bridgehead atoms. The Morgan fingerprint density at radius 3 is 1.17 bits per heavy atom. The molecule has 372 valence electrons. The van der Waals surface area contributed by atoms with Crippen LogP contribution in [0.3, 0.4) is 0 Å². The van der Waals surface area contributed by atoms with E-state index >= 15 is 0 Å². The second-order valence-corrected chi connectivity index (χ2v) is 17.6. The van der Waals surface area contributed by atoms with Gasteiger partial charge in [-0.1, -0.05) is 213 Å². The maximum absolute atomic E-state index is 11.9. The Kier molecular flexibility index (Phi) is 49.9. The minimum atomic E-state index is -0.958. The summed E-state index contributed by atoms with van der Waals surface area (Å²) in [5.41, 5.74) is 6.02. The Labute approximate surface area is 393 Å². The number of carbonyl (C=O) groups is 4. The normalized spacial score (nSPS) is 10.8. The van der Waals surface area contributed by atoms with Crippen LogP contribution in [0.1, 0.15) is 267 Å². The molecule has 1 amide bonds. The lowest BCUT2D eigenvalue weighted by atomic mass is 10.0. The Hall–Kier alpha value is -3.20. The molecule has 0 heterocycles. The summed E-state index contributed by atoms with van der Waals surface area (Å²) in [6.45, 7) is 9.99. The average molecular weight is 901 g/mol. The molecule has 1 aromatic rings. The lowest BCUT2D eigenvalue weighted by Crippen LogP contribution is -2.31. The van der Waals surface area contributed by atoms with Crippen LogP contribution in [-0.2, 0) is 19.1 Å². The molecule has 0 aliphatic carbocycles. The zero-order chi connectivity index (χ0) is 47.6. The highest BCUT2D eigenvalue weighted by molar-refractivity contribution is 6.03. The zero-order valence-electron chi connectivity index (χ0n) is 42.3. The third-order valence-corrected chi connectivity index (χ3v) is 11.3. The summed E-state index contributed by atoms with van der Waals surface area (Å²) in [6.07, 6.45) is 47.5. The second kappa shape index (κ2) is 50.8. The van der Waals surface area contributed by atoms with Gasteiger partial charge in [0.25, 0.3) is 0 Å². The van der Waals surface area contributed by atoms with E-state index in [-0.39, 0.29) is 23.6 Å². The van der Waals surface area contributed by atoms with Crippen molar-refractivity contribution in [1.29, 1.82) is 0 Å². The number of carboxylic acids is 1. The minimum absolute atomic E-state index is 0.0694. The summed E-state index contributed by atoms with van der Waals surface area (Å²) in [7, 11) is 1.55. The van der Waals surface area contributed by atoms with E-state index in [1.165, 1.54) is 165 Å². The summed E-state index contributed by atoms with van der Waals surface area (Å²) < 4.78 is 10.3. The number of allylic oxidation sites excluding steroid dienone is 2. The van der Waals surface area contributed by atoms with Gasteiger partial charge in [0.2, 0.25) is 5.91 Å². The van der Waals surface area contributed by atoms with Crippen molar-refractivity contribution < 1.29 is 33.8 Å². The Morgan fingerprint density at radius 2 is 0.828 bits per heavy atom. The molecular weight excluding hydrogens is 801 g/mol. The monoisotopic (exact) mass is 901 g/mol. The van der Waals surface area contributed by atoms with Gasteiger partial charge in [0.1, 0.15) is 6.54 Å². The standard InChI is InChI=1S/C21H39NO3.C18H39N.C16H22O4/c1-3-4-5-6-7-8-9-10-11-12-13-14-15-16-17-18-20(23)22(2)19-21(24)25;1-2-3-4-5-6-7-8-9-10-11-12-13-14-15-16-17-18-19;1-3-5-11-19-15(17)13-9-7-8-10-14(13)16(18)20-12-6-4-2/h10-11H,3-9,12-19H2,1-2H3,(H,24,25);2-19H2,1H3;7-10H,3-6,11-12H2,1-2H3/b11-10-;;. The van der Waals surface area contributed by atoms with E-state index in [1.807, 2.05) is 13.8 Å². The Bertz CT molecular complexity index is 1180. The van der Waals surface area contributed by atoms with Crippen LogP contribution in [-0.4, -0.2) is 67.2 Å². The first-order valence-electron chi connectivity index (χ1n) is 26.4. The summed E-state index contributed by atoms with van der Waals surface area (Å²) in [6, 6.07) is 6.59. The fourth-order valence-corrected chi connectivity index (χ4v) is 7.13. The third-order valence-electron chi connectivity index (χ3n) is 11.3. The lowest BCUT2D eigenvalue weighted by Gasteiger charge is -2.14. The number of amides is 1. The molecule has 0 aliphatic heterocycles. The Morgan fingerprint density at radius 1 is 0.500 bits per heavy atom. The van der Waals surface area contributed by atoms with Crippen molar-refractivity contribution in [2.24, 2.45) is 5.73 Å². The van der Waals surface area contributed by atoms with Crippen molar-refractivity contribution in [3.8, 4) is 0 Å². The average Bonchev–Trinajstić information content (AvgIpc) is 3.29. The van der Waals surface area contributed by atoms with Gasteiger partial charge >= 0.3 is 17.9 Å². The molecule has 0 aromatic heterocycles. The van der Waals surface area contributed by atoms with Gasteiger partial charge in [0.15, 0.2) is 0 Å². The number of hydrogen-bond donors (Lipinski definition) is 2. The number of nitrogens with two attached hydrogens (primary N) is 1. The highest BCUT2D eigenvalue weighted by Gasteiger charge is 2.18. The van der Waals surface area contributed by atoms with Crippen LogP contribution >= 0.6 is 0 Å². The van der Waals surface area contributed by atoms with Gasteiger partial charge in [-0.15, -0.1) is 0 Å². The number of nitrogens with zero attached hydrogens (tertiary/aromatic N) is 1. The van der Waals surface area contributed by atoms with Crippen molar-refractivity contribution in [2.45, 2.75) is 246 Å². The van der Waals surface area contributed by atoms with Gasteiger partial charge in [0.05, 0.1) is 24.3 Å². The smallest absolute Gasteiger partial charge is 0.339 e. The van der Waals surface area contributed by atoms with Crippen LogP contribution in [0.15, 0.2) is 36.4 Å². The minimum Gasteiger partial charge on any atom is -0.480 e. The fraction of sp³-hybridized carbons (Fsp3) is 0.782. The number of likely N-dealkylation sites (N-methyl/N-ethyl adjacent to an activating group) is 1. The molecule has 0 radical (unpaired) electrons. The van der Waals surface area contributed by atoms with Crippen molar-refractivity contribution >= 4 is 23.8 Å². The molecule has 0 unspecified atom stereocenters. The first-order valence-corrected chi connectivity index (χ1v) is 26.4. The molecular formula is C55H100N2O7. The molecule has 9 heteroatoms. The summed E-state index contributed by atoms with van der Waals surface area (Å²) in [5.74, 6) is -1.97. The van der Waals surface area contributed by atoms with Crippen LogP contribution < -0.4 is 5.73 Å². The molecule has 0 spiro atoms. The van der Waals surface area contributed by atoms with Gasteiger partial charge < -0.3 is 25.2 Å². The summed E-state index contributed by atoms with van der Waals surface area (Å²) >= 11 is 0. The number of benzene rings is 1. The number of esters is 2.